The van der Waals surface area contributed by atoms with E-state index in [0.717, 1.165) is 25.2 Å². The summed E-state index contributed by atoms with van der Waals surface area (Å²) in [6.07, 6.45) is 7.91. The number of hydrogen-bond donors (Lipinski definition) is 1. The quantitative estimate of drug-likeness (QED) is 0.835. The minimum Gasteiger partial charge on any atom is -0.343 e. The highest BCUT2D eigenvalue weighted by atomic mass is 16.2. The van der Waals surface area contributed by atoms with E-state index in [1.807, 2.05) is 11.9 Å². The SMILES string of the molecule is CC1CCC(N(C)C(=O)C2CCC(C)C(N)C2)CC1. The van der Waals surface area contributed by atoms with Crippen molar-refractivity contribution in [2.75, 3.05) is 7.05 Å². The zero-order valence-electron chi connectivity index (χ0n) is 12.8. The first-order chi connectivity index (χ1) is 8.99. The van der Waals surface area contributed by atoms with Crippen LogP contribution in [0.3, 0.4) is 0 Å². The van der Waals surface area contributed by atoms with Gasteiger partial charge in [-0.1, -0.05) is 13.8 Å². The Morgan fingerprint density at radius 1 is 1.05 bits per heavy atom. The number of nitrogens with two attached hydrogens (primary N) is 1. The summed E-state index contributed by atoms with van der Waals surface area (Å²) in [6.45, 7) is 4.52. The molecule has 0 bridgehead atoms. The lowest BCUT2D eigenvalue weighted by Gasteiger charge is -2.38. The van der Waals surface area contributed by atoms with Gasteiger partial charge < -0.3 is 10.6 Å². The Kier molecular flexibility index (Phi) is 4.88. The third-order valence-corrected chi connectivity index (χ3v) is 5.49. The van der Waals surface area contributed by atoms with Crippen molar-refractivity contribution in [2.24, 2.45) is 23.5 Å². The average Bonchev–Trinajstić information content (AvgIpc) is 2.41. The smallest absolute Gasteiger partial charge is 0.225 e. The molecular formula is C16H30N2O. The molecule has 0 aromatic rings. The highest BCUT2D eigenvalue weighted by molar-refractivity contribution is 5.79. The van der Waals surface area contributed by atoms with Crippen molar-refractivity contribution >= 4 is 5.91 Å². The van der Waals surface area contributed by atoms with E-state index in [4.69, 9.17) is 5.73 Å². The molecular weight excluding hydrogens is 236 g/mol. The highest BCUT2D eigenvalue weighted by Gasteiger charge is 2.33. The molecule has 19 heavy (non-hydrogen) atoms. The Balaban J connectivity index is 1.88. The average molecular weight is 266 g/mol. The Hall–Kier alpha value is -0.570. The van der Waals surface area contributed by atoms with Crippen LogP contribution in [0.2, 0.25) is 0 Å². The van der Waals surface area contributed by atoms with Crippen LogP contribution in [0.1, 0.15) is 58.8 Å². The lowest BCUT2D eigenvalue weighted by atomic mass is 9.78. The number of carbonyl (C=O) groups excluding carboxylic acids is 1. The second-order valence-electron chi connectivity index (χ2n) is 7.01. The summed E-state index contributed by atoms with van der Waals surface area (Å²) in [6, 6.07) is 0.682. The predicted octanol–water partition coefficient (Wildman–Crippen LogP) is 2.79. The molecule has 2 aliphatic rings. The van der Waals surface area contributed by atoms with Gasteiger partial charge in [-0.3, -0.25) is 4.79 Å². The fourth-order valence-corrected chi connectivity index (χ4v) is 3.68. The van der Waals surface area contributed by atoms with Crippen LogP contribution in [0.4, 0.5) is 0 Å². The van der Waals surface area contributed by atoms with Gasteiger partial charge in [-0.2, -0.15) is 0 Å². The van der Waals surface area contributed by atoms with E-state index < -0.39 is 0 Å². The van der Waals surface area contributed by atoms with Crippen LogP contribution < -0.4 is 5.73 Å². The molecule has 0 spiro atoms. The number of rotatable bonds is 2. The first kappa shape index (κ1) is 14.8. The Morgan fingerprint density at radius 3 is 2.26 bits per heavy atom. The van der Waals surface area contributed by atoms with Crippen LogP contribution in [0, 0.1) is 17.8 Å². The molecule has 0 aromatic heterocycles. The summed E-state index contributed by atoms with van der Waals surface area (Å²) >= 11 is 0. The minimum atomic E-state index is 0.176. The van der Waals surface area contributed by atoms with Gasteiger partial charge in [0.15, 0.2) is 0 Å². The molecule has 3 unspecified atom stereocenters. The van der Waals surface area contributed by atoms with Crippen molar-refractivity contribution in [3.05, 3.63) is 0 Å². The zero-order chi connectivity index (χ0) is 14.0. The van der Waals surface area contributed by atoms with E-state index in [2.05, 4.69) is 13.8 Å². The van der Waals surface area contributed by atoms with E-state index in [9.17, 15) is 4.79 Å². The van der Waals surface area contributed by atoms with Crippen LogP contribution in [0.5, 0.6) is 0 Å². The van der Waals surface area contributed by atoms with Crippen molar-refractivity contribution < 1.29 is 4.79 Å². The monoisotopic (exact) mass is 266 g/mol. The van der Waals surface area contributed by atoms with Crippen molar-refractivity contribution in [3.8, 4) is 0 Å². The molecule has 0 aliphatic heterocycles. The van der Waals surface area contributed by atoms with E-state index in [-0.39, 0.29) is 12.0 Å². The van der Waals surface area contributed by atoms with Crippen LogP contribution in [0.25, 0.3) is 0 Å². The topological polar surface area (TPSA) is 46.3 Å². The molecule has 2 rings (SSSR count). The van der Waals surface area contributed by atoms with Crippen LogP contribution in [-0.2, 0) is 4.79 Å². The molecule has 0 aromatic carbocycles. The summed E-state index contributed by atoms with van der Waals surface area (Å²) in [5, 5.41) is 0. The molecule has 2 N–H and O–H groups in total. The highest BCUT2D eigenvalue weighted by Crippen LogP contribution is 2.32. The molecule has 0 saturated heterocycles. The first-order valence-electron chi connectivity index (χ1n) is 8.01. The third kappa shape index (κ3) is 3.50. The standard InChI is InChI=1S/C16H30N2O/c1-11-4-8-14(9-5-11)18(3)16(19)13-7-6-12(2)15(17)10-13/h11-15H,4-10,17H2,1-3H3. The second-order valence-corrected chi connectivity index (χ2v) is 7.01. The summed E-state index contributed by atoms with van der Waals surface area (Å²) in [7, 11) is 2.01. The van der Waals surface area contributed by atoms with Gasteiger partial charge in [0.1, 0.15) is 0 Å². The van der Waals surface area contributed by atoms with Gasteiger partial charge in [-0.25, -0.2) is 0 Å². The molecule has 3 heteroatoms. The van der Waals surface area contributed by atoms with Gasteiger partial charge in [0.2, 0.25) is 5.91 Å². The summed E-state index contributed by atoms with van der Waals surface area (Å²) in [4.78, 5) is 14.6. The van der Waals surface area contributed by atoms with Crippen LogP contribution in [0.15, 0.2) is 0 Å². The molecule has 2 aliphatic carbocycles. The molecule has 3 nitrogen and oxygen atoms in total. The van der Waals surface area contributed by atoms with Gasteiger partial charge in [0.25, 0.3) is 0 Å². The lowest BCUT2D eigenvalue weighted by molar-refractivity contribution is -0.138. The Bertz CT molecular complexity index is 310. The summed E-state index contributed by atoms with van der Waals surface area (Å²) in [5.74, 6) is 1.94. The molecule has 2 saturated carbocycles. The normalized spacial score (nSPS) is 39.9. The molecule has 110 valence electrons. The maximum atomic E-state index is 12.6. The van der Waals surface area contributed by atoms with E-state index in [1.165, 1.54) is 25.7 Å². The van der Waals surface area contributed by atoms with E-state index in [1.54, 1.807) is 0 Å². The fraction of sp³-hybridized carbons (Fsp3) is 0.938. The maximum Gasteiger partial charge on any atom is 0.225 e. The van der Waals surface area contributed by atoms with Crippen LogP contribution >= 0.6 is 0 Å². The second kappa shape index (κ2) is 6.25. The van der Waals surface area contributed by atoms with Gasteiger partial charge in [-0.15, -0.1) is 0 Å². The largest absolute Gasteiger partial charge is 0.343 e. The maximum absolute atomic E-state index is 12.6. The Morgan fingerprint density at radius 2 is 1.68 bits per heavy atom. The minimum absolute atomic E-state index is 0.176. The van der Waals surface area contributed by atoms with Gasteiger partial charge in [0.05, 0.1) is 0 Å². The van der Waals surface area contributed by atoms with Crippen molar-refractivity contribution in [1.29, 1.82) is 0 Å². The predicted molar refractivity (Wildman–Crippen MR) is 78.7 cm³/mol. The number of nitrogens with zero attached hydrogens (tertiary/aromatic N) is 1. The van der Waals surface area contributed by atoms with Crippen molar-refractivity contribution in [2.45, 2.75) is 70.9 Å². The zero-order valence-corrected chi connectivity index (χ0v) is 12.8. The number of hydrogen-bond acceptors (Lipinski definition) is 2. The summed E-state index contributed by atoms with van der Waals surface area (Å²) < 4.78 is 0. The fourth-order valence-electron chi connectivity index (χ4n) is 3.68. The van der Waals surface area contributed by atoms with E-state index >= 15 is 0 Å². The molecule has 1 amide bonds. The van der Waals surface area contributed by atoms with Gasteiger partial charge >= 0.3 is 0 Å². The van der Waals surface area contributed by atoms with Crippen LogP contribution in [-0.4, -0.2) is 29.9 Å². The molecule has 3 atom stereocenters. The third-order valence-electron chi connectivity index (χ3n) is 5.49. The summed E-state index contributed by atoms with van der Waals surface area (Å²) in [5.41, 5.74) is 6.13. The van der Waals surface area contributed by atoms with E-state index in [0.29, 0.717) is 17.9 Å². The van der Waals surface area contributed by atoms with Crippen molar-refractivity contribution in [1.82, 2.24) is 4.90 Å². The number of carbonyl (C=O) groups is 1. The number of amides is 1. The van der Waals surface area contributed by atoms with Crippen molar-refractivity contribution in [3.63, 3.8) is 0 Å². The molecule has 0 heterocycles. The molecule has 0 radical (unpaired) electrons. The van der Waals surface area contributed by atoms with Gasteiger partial charge in [-0.05, 0) is 56.8 Å². The molecule has 2 fully saturated rings. The Labute approximate surface area is 117 Å². The van der Waals surface area contributed by atoms with Gasteiger partial charge in [0, 0.05) is 25.0 Å². The lowest BCUT2D eigenvalue weighted by Crippen LogP contribution is -2.46. The first-order valence-corrected chi connectivity index (χ1v) is 8.01.